The van der Waals surface area contributed by atoms with E-state index in [9.17, 15) is 22.8 Å². The zero-order valence-corrected chi connectivity index (χ0v) is 22.8. The number of nitrogens with one attached hydrogen (secondary N) is 1. The lowest BCUT2D eigenvalue weighted by Gasteiger charge is -2.25. The molecule has 0 aliphatic carbocycles. The summed E-state index contributed by atoms with van der Waals surface area (Å²) in [5.41, 5.74) is 1.98. The molecule has 2 aromatic carbocycles. The Morgan fingerprint density at radius 3 is 2.40 bits per heavy atom. The summed E-state index contributed by atoms with van der Waals surface area (Å²) >= 11 is 6.05. The molecule has 1 aliphatic heterocycles. The Labute approximate surface area is 234 Å². The van der Waals surface area contributed by atoms with E-state index in [0.29, 0.717) is 36.3 Å². The van der Waals surface area contributed by atoms with Gasteiger partial charge in [0.25, 0.3) is 5.56 Å². The first-order valence-electron chi connectivity index (χ1n) is 13.0. The number of hydrogen-bond acceptors (Lipinski definition) is 5. The molecule has 0 bridgehead atoms. The van der Waals surface area contributed by atoms with Crippen LogP contribution in [0.5, 0.6) is 0 Å². The highest BCUT2D eigenvalue weighted by Crippen LogP contribution is 2.21. The molecule has 40 heavy (non-hydrogen) atoms. The van der Waals surface area contributed by atoms with Gasteiger partial charge in [-0.2, -0.15) is 18.3 Å². The minimum absolute atomic E-state index is 0.0347. The first kappa shape index (κ1) is 31.1. The van der Waals surface area contributed by atoms with Crippen molar-refractivity contribution < 1.29 is 27.9 Å². The number of alkyl halides is 3. The predicted molar refractivity (Wildman–Crippen MR) is 146 cm³/mol. The van der Waals surface area contributed by atoms with Crippen molar-refractivity contribution in [2.45, 2.75) is 57.8 Å². The maximum absolute atomic E-state index is 13.3. The second-order valence-corrected chi connectivity index (χ2v) is 9.91. The summed E-state index contributed by atoms with van der Waals surface area (Å²) < 4.78 is 33.4. The smallest absolute Gasteiger partial charge is 0.475 e. The van der Waals surface area contributed by atoms with Crippen molar-refractivity contribution in [2.24, 2.45) is 0 Å². The van der Waals surface area contributed by atoms with E-state index in [2.05, 4.69) is 10.2 Å². The number of carbonyl (C=O) groups is 2. The molecule has 1 amide bonds. The molecule has 216 valence electrons. The van der Waals surface area contributed by atoms with Crippen LogP contribution in [-0.4, -0.2) is 63.5 Å². The quantitative estimate of drug-likeness (QED) is 0.357. The average Bonchev–Trinajstić information content (AvgIpc) is 3.37. The first-order valence-corrected chi connectivity index (χ1v) is 13.4. The van der Waals surface area contributed by atoms with E-state index in [1.165, 1.54) is 0 Å². The van der Waals surface area contributed by atoms with Gasteiger partial charge >= 0.3 is 12.1 Å². The van der Waals surface area contributed by atoms with Crippen molar-refractivity contribution in [1.29, 1.82) is 0 Å². The van der Waals surface area contributed by atoms with Gasteiger partial charge in [-0.15, -0.1) is 0 Å². The van der Waals surface area contributed by atoms with Gasteiger partial charge in [0.15, 0.2) is 0 Å². The molecule has 12 heteroatoms. The van der Waals surface area contributed by atoms with Crippen LogP contribution in [0, 0.1) is 0 Å². The molecular formula is C28H32ClF3N4O4. The van der Waals surface area contributed by atoms with Crippen molar-refractivity contribution in [2.75, 3.05) is 19.6 Å². The second kappa shape index (κ2) is 14.3. The Balaban J connectivity index is 0.000000559. The molecule has 8 nitrogen and oxygen atoms in total. The number of hydrogen-bond donors (Lipinski definition) is 2. The molecule has 4 rings (SSSR count). The van der Waals surface area contributed by atoms with Gasteiger partial charge in [-0.1, -0.05) is 48.9 Å². The Morgan fingerprint density at radius 2 is 1.77 bits per heavy atom. The van der Waals surface area contributed by atoms with Crippen molar-refractivity contribution in [3.05, 3.63) is 75.2 Å². The Hall–Kier alpha value is -3.44. The number of benzene rings is 2. The highest BCUT2D eigenvalue weighted by Gasteiger charge is 2.38. The van der Waals surface area contributed by atoms with Crippen LogP contribution in [0.2, 0.25) is 5.02 Å². The highest BCUT2D eigenvalue weighted by molar-refractivity contribution is 6.30. The third-order valence-corrected chi connectivity index (χ3v) is 6.87. The number of amides is 1. The number of carboxylic acids is 1. The van der Waals surface area contributed by atoms with Gasteiger partial charge in [-0.3, -0.25) is 14.5 Å². The zero-order chi connectivity index (χ0) is 29.3. The third kappa shape index (κ3) is 8.79. The van der Waals surface area contributed by atoms with E-state index >= 15 is 0 Å². The molecule has 0 unspecified atom stereocenters. The maximum Gasteiger partial charge on any atom is 0.490 e. The van der Waals surface area contributed by atoms with Crippen LogP contribution in [0.15, 0.2) is 53.3 Å². The van der Waals surface area contributed by atoms with Gasteiger partial charge in [0, 0.05) is 42.4 Å². The predicted octanol–water partition coefficient (Wildman–Crippen LogP) is 4.65. The fraction of sp³-hybridized carbons (Fsp3) is 0.429. The summed E-state index contributed by atoms with van der Waals surface area (Å²) in [7, 11) is 0. The van der Waals surface area contributed by atoms with E-state index in [1.54, 1.807) is 4.68 Å². The van der Waals surface area contributed by atoms with Crippen LogP contribution in [0.25, 0.3) is 10.8 Å². The molecule has 1 fully saturated rings. The van der Waals surface area contributed by atoms with E-state index in [1.807, 2.05) is 55.5 Å². The van der Waals surface area contributed by atoms with Crippen molar-refractivity contribution >= 4 is 34.2 Å². The van der Waals surface area contributed by atoms with Gasteiger partial charge in [0.2, 0.25) is 5.91 Å². The summed E-state index contributed by atoms with van der Waals surface area (Å²) in [5.74, 6) is -2.67. The molecule has 1 aliphatic rings. The minimum atomic E-state index is -5.08. The Morgan fingerprint density at radius 1 is 1.12 bits per heavy atom. The number of carbonyl (C=O) groups excluding carboxylic acids is 1. The lowest BCUT2D eigenvalue weighted by molar-refractivity contribution is -0.192. The van der Waals surface area contributed by atoms with Crippen molar-refractivity contribution in [1.82, 2.24) is 20.0 Å². The van der Waals surface area contributed by atoms with E-state index in [0.717, 1.165) is 49.0 Å². The number of rotatable bonds is 9. The summed E-state index contributed by atoms with van der Waals surface area (Å²) in [6.07, 6.45) is -0.852. The number of likely N-dealkylation sites (tertiary alicyclic amines) is 1. The number of aliphatic carboxylic acids is 1. The average molecular weight is 581 g/mol. The second-order valence-electron chi connectivity index (χ2n) is 9.47. The molecule has 0 spiro atoms. The summed E-state index contributed by atoms with van der Waals surface area (Å²) in [4.78, 5) is 36.0. The lowest BCUT2D eigenvalue weighted by atomic mass is 10.0. The fourth-order valence-electron chi connectivity index (χ4n) is 4.59. The Kier molecular flexibility index (Phi) is 11.1. The molecule has 0 saturated carbocycles. The van der Waals surface area contributed by atoms with Gasteiger partial charge in [0.05, 0.1) is 17.6 Å². The topological polar surface area (TPSA) is 105 Å². The van der Waals surface area contributed by atoms with Crippen LogP contribution >= 0.6 is 11.6 Å². The van der Waals surface area contributed by atoms with Gasteiger partial charge < -0.3 is 10.4 Å². The zero-order valence-electron chi connectivity index (χ0n) is 22.1. The summed E-state index contributed by atoms with van der Waals surface area (Å²) in [6.45, 7) is 5.07. The summed E-state index contributed by atoms with van der Waals surface area (Å²) in [5, 5.41) is 17.2. The number of halogens is 4. The molecule has 0 radical (unpaired) electrons. The van der Waals surface area contributed by atoms with Crippen LogP contribution in [0.3, 0.4) is 0 Å². The lowest BCUT2D eigenvalue weighted by Crippen LogP contribution is -2.39. The Bertz CT molecular complexity index is 1360. The van der Waals surface area contributed by atoms with E-state index in [4.69, 9.17) is 26.6 Å². The van der Waals surface area contributed by atoms with Gasteiger partial charge in [-0.25, -0.2) is 9.48 Å². The maximum atomic E-state index is 13.3. The molecule has 2 N–H and O–H groups in total. The normalized spacial score (nSPS) is 15.5. The molecule has 1 atom stereocenters. The van der Waals surface area contributed by atoms with Crippen molar-refractivity contribution in [3.8, 4) is 0 Å². The standard InChI is InChI=1S/C26H31ClN4O2.C2HF3O2/c1-2-25(32)28-14-6-16-30-15-5-7-21(30)18-31-26(33)23-9-4-3-8-22(23)24(29-31)17-19-10-12-20(27)13-11-19;3-2(4,5)1(6)7/h3-4,8-13,21H,2,5-7,14-18H2,1H3,(H,28,32);(H,6,7)/t21-;/m1./s1. The number of aromatic nitrogens is 2. The molecule has 1 saturated heterocycles. The van der Waals surface area contributed by atoms with Crippen molar-refractivity contribution in [3.63, 3.8) is 0 Å². The number of nitrogens with zero attached hydrogens (tertiary/aromatic N) is 3. The van der Waals surface area contributed by atoms with Gasteiger partial charge in [0.1, 0.15) is 0 Å². The van der Waals surface area contributed by atoms with E-state index < -0.39 is 12.1 Å². The SMILES string of the molecule is CCC(=O)NCCCN1CCC[C@@H]1Cn1nc(Cc2ccc(Cl)cc2)c2ccccc2c1=O.O=C(O)C(F)(F)F. The van der Waals surface area contributed by atoms with Crippen LogP contribution in [-0.2, 0) is 22.6 Å². The largest absolute Gasteiger partial charge is 0.490 e. The molecular weight excluding hydrogens is 549 g/mol. The monoisotopic (exact) mass is 580 g/mol. The van der Waals surface area contributed by atoms with Crippen LogP contribution in [0.4, 0.5) is 13.2 Å². The highest BCUT2D eigenvalue weighted by atomic mass is 35.5. The summed E-state index contributed by atoms with van der Waals surface area (Å²) in [6, 6.07) is 15.8. The number of carboxylic acid groups (broad SMARTS) is 1. The third-order valence-electron chi connectivity index (χ3n) is 6.62. The van der Waals surface area contributed by atoms with E-state index in [-0.39, 0.29) is 17.5 Å². The molecule has 3 aromatic rings. The molecule has 1 aromatic heterocycles. The number of fused-ring (bicyclic) bond motifs is 1. The fourth-order valence-corrected chi connectivity index (χ4v) is 4.71. The first-order chi connectivity index (χ1) is 19.0. The minimum Gasteiger partial charge on any atom is -0.475 e. The van der Waals surface area contributed by atoms with Crippen LogP contribution < -0.4 is 10.9 Å². The van der Waals surface area contributed by atoms with Gasteiger partial charge in [-0.05, 0) is 49.6 Å². The molecule has 2 heterocycles. The van der Waals surface area contributed by atoms with Crippen LogP contribution in [0.1, 0.15) is 43.9 Å².